The second kappa shape index (κ2) is 8.26. The average Bonchev–Trinajstić information content (AvgIpc) is 3.09. The van der Waals surface area contributed by atoms with Crippen molar-refractivity contribution in [3.8, 4) is 17.1 Å². The number of aromatic nitrogens is 4. The van der Waals surface area contributed by atoms with Gasteiger partial charge in [0, 0.05) is 36.4 Å². The van der Waals surface area contributed by atoms with Crippen LogP contribution in [0.15, 0.2) is 47.7 Å². The van der Waals surface area contributed by atoms with E-state index in [1.54, 1.807) is 6.92 Å². The number of fused-ring (bicyclic) bond motifs is 2. The fourth-order valence-electron chi connectivity index (χ4n) is 2.95. The van der Waals surface area contributed by atoms with Crippen LogP contribution in [0.4, 0.5) is 26.3 Å². The van der Waals surface area contributed by atoms with Gasteiger partial charge in [-0.2, -0.15) is 31.3 Å². The smallest absolute Gasteiger partial charge is 0.307 e. The zero-order chi connectivity index (χ0) is 24.0. The molecule has 0 unspecified atom stereocenters. The molecule has 174 valence electrons. The maximum absolute atomic E-state index is 13.2. The Kier molecular flexibility index (Phi) is 5.74. The molecule has 4 aromatic heterocycles. The van der Waals surface area contributed by atoms with Gasteiger partial charge in [0.05, 0.1) is 16.7 Å². The first-order valence-electron chi connectivity index (χ1n) is 9.15. The summed E-state index contributed by atoms with van der Waals surface area (Å²) in [6.07, 6.45) is -6.84. The molecule has 14 heteroatoms. The fourth-order valence-corrected chi connectivity index (χ4v) is 3.16. The van der Waals surface area contributed by atoms with Gasteiger partial charge in [-0.1, -0.05) is 6.92 Å². The lowest BCUT2D eigenvalue weighted by Crippen LogP contribution is -2.14. The van der Waals surface area contributed by atoms with E-state index >= 15 is 0 Å². The predicted molar refractivity (Wildman–Crippen MR) is 105 cm³/mol. The number of nitrogens with zero attached hydrogens (tertiary/aromatic N) is 4. The van der Waals surface area contributed by atoms with Crippen LogP contribution < -0.4 is 10.4 Å². The number of pyridine rings is 2. The number of alkyl halides is 6. The van der Waals surface area contributed by atoms with E-state index in [0.29, 0.717) is 11.9 Å². The first-order chi connectivity index (χ1) is 15.5. The molecule has 0 saturated carbocycles. The van der Waals surface area contributed by atoms with Crippen molar-refractivity contribution in [3.05, 3.63) is 64.3 Å². The Bertz CT molecular complexity index is 1400. The molecule has 4 aromatic rings. The minimum absolute atomic E-state index is 0.0216. The Morgan fingerprint density at radius 2 is 1.55 bits per heavy atom. The van der Waals surface area contributed by atoms with Crippen molar-refractivity contribution in [1.29, 1.82) is 0 Å². The quantitative estimate of drug-likeness (QED) is 0.129. The Morgan fingerprint density at radius 1 is 0.909 bits per heavy atom. The molecule has 0 amide bonds. The minimum atomic E-state index is -4.67. The summed E-state index contributed by atoms with van der Waals surface area (Å²) in [4.78, 5) is 25.6. The number of hydrogen-bond acceptors (Lipinski definition) is 6. The normalized spacial score (nSPS) is 12.6. The lowest BCUT2D eigenvalue weighted by atomic mass is 10.2. The first-order valence-corrected chi connectivity index (χ1v) is 10.1. The van der Waals surface area contributed by atoms with Crippen LogP contribution in [-0.4, -0.2) is 24.5 Å². The van der Waals surface area contributed by atoms with Crippen LogP contribution in [0, 0.1) is 0 Å². The number of halogens is 6. The van der Waals surface area contributed by atoms with Gasteiger partial charge in [0.25, 0.3) is 11.4 Å². The van der Waals surface area contributed by atoms with E-state index in [1.165, 1.54) is 0 Å². The van der Waals surface area contributed by atoms with Gasteiger partial charge in [-0.05, 0) is 24.3 Å². The van der Waals surface area contributed by atoms with Crippen molar-refractivity contribution in [2.45, 2.75) is 19.3 Å². The molecule has 0 radical (unpaired) electrons. The first kappa shape index (κ1) is 22.9. The Morgan fingerprint density at radius 3 is 2.18 bits per heavy atom. The summed E-state index contributed by atoms with van der Waals surface area (Å²) in [5.41, 5.74) is -3.53. The zero-order valence-corrected chi connectivity index (χ0v) is 17.3. The van der Waals surface area contributed by atoms with E-state index < -0.39 is 29.0 Å². The molecule has 0 N–H and O–H groups in total. The Balaban J connectivity index is 1.94. The van der Waals surface area contributed by atoms with Crippen LogP contribution in [0.1, 0.15) is 18.1 Å². The van der Waals surface area contributed by atoms with Crippen molar-refractivity contribution in [2.75, 3.05) is 5.75 Å². The molecule has 0 aliphatic carbocycles. The van der Waals surface area contributed by atoms with Gasteiger partial charge in [0.2, 0.25) is 0 Å². The minimum Gasteiger partial charge on any atom is -0.307 e. The lowest BCUT2D eigenvalue weighted by molar-refractivity contribution is -0.138. The second-order valence-corrected chi connectivity index (χ2v) is 7.56. The van der Waals surface area contributed by atoms with Gasteiger partial charge in [0.15, 0.2) is 0 Å². The summed E-state index contributed by atoms with van der Waals surface area (Å²) in [7, 11) is 0. The topological polar surface area (TPSA) is 70.1 Å². The van der Waals surface area contributed by atoms with Gasteiger partial charge in [-0.25, -0.2) is 4.98 Å². The van der Waals surface area contributed by atoms with Gasteiger partial charge >= 0.3 is 12.4 Å². The predicted octanol–water partition coefficient (Wildman–Crippen LogP) is 5.03. The fraction of sp³-hybridized carbons (Fsp3) is 0.211. The molecule has 4 heterocycles. The average molecular weight is 490 g/mol. The van der Waals surface area contributed by atoms with E-state index in [1.807, 2.05) is 0 Å². The summed E-state index contributed by atoms with van der Waals surface area (Å²) < 4.78 is 85.6. The third-order valence-corrected chi connectivity index (χ3v) is 4.83. The highest BCUT2D eigenvalue weighted by Gasteiger charge is 2.33. The second-order valence-electron chi connectivity index (χ2n) is 6.61. The van der Waals surface area contributed by atoms with Crippen LogP contribution in [0.3, 0.4) is 0 Å². The summed E-state index contributed by atoms with van der Waals surface area (Å²) in [6.45, 7) is 1.73. The molecule has 33 heavy (non-hydrogen) atoms. The Labute approximate surface area is 184 Å². The van der Waals surface area contributed by atoms with E-state index in [4.69, 9.17) is 9.22 Å². The van der Waals surface area contributed by atoms with Crippen LogP contribution in [-0.2, 0) is 16.7 Å². The summed E-state index contributed by atoms with van der Waals surface area (Å²) in [6, 6.07) is 3.64. The molecule has 7 nitrogen and oxygen atoms in total. The largest absolute Gasteiger partial charge is 0.417 e. The van der Waals surface area contributed by atoms with Crippen LogP contribution in [0.25, 0.3) is 22.6 Å². The summed E-state index contributed by atoms with van der Waals surface area (Å²) >= 11 is 0.830. The van der Waals surface area contributed by atoms with Crippen LogP contribution >= 0.6 is 12.0 Å². The highest BCUT2D eigenvalue weighted by molar-refractivity contribution is 7.94. The number of hydrogen-bond donors (Lipinski definition) is 0. The van der Waals surface area contributed by atoms with Gasteiger partial charge in [-0.3, -0.25) is 9.20 Å². The molecule has 0 aliphatic rings. The molecule has 0 atom stereocenters. The molecule has 0 bridgehead atoms. The number of rotatable bonds is 5. The number of imidazole rings is 1. The van der Waals surface area contributed by atoms with Gasteiger partial charge in [-0.15, -0.1) is 4.33 Å². The molecule has 0 aromatic carbocycles. The highest BCUT2D eigenvalue weighted by atomic mass is 32.2. The molecule has 0 spiro atoms. The molecular formula is C19H12F6N4O3S. The molecular weight excluding hydrogens is 478 g/mol. The highest BCUT2D eigenvalue weighted by Crippen LogP contribution is 2.35. The molecule has 4 rings (SSSR count). The zero-order valence-electron chi connectivity index (χ0n) is 16.4. The van der Waals surface area contributed by atoms with Crippen molar-refractivity contribution in [3.63, 3.8) is 0 Å². The van der Waals surface area contributed by atoms with Crippen LogP contribution in [0.2, 0.25) is 0 Å². The molecule has 0 fully saturated rings. The van der Waals surface area contributed by atoms with Crippen LogP contribution in [0.5, 0.6) is 5.88 Å². The maximum atomic E-state index is 13.2. The third-order valence-electron chi connectivity index (χ3n) is 4.43. The molecule has 0 aliphatic heterocycles. The summed E-state index contributed by atoms with van der Waals surface area (Å²) in [5.74, 6) is 0.0585. The van der Waals surface area contributed by atoms with Crippen molar-refractivity contribution in [1.82, 2.24) is 18.8 Å². The standard InChI is InChI=1S/C19H12F6N4O3S/c1-2-33-32-31-17-15(26-14-6-4-11(8-29(14)17)19(23,24)25)12-9-28-7-10(18(20,21)22)3-5-13(28)27-16(12)30/h3-9H,2H2,1H3. The maximum Gasteiger partial charge on any atom is 0.417 e. The lowest BCUT2D eigenvalue weighted by Gasteiger charge is -2.10. The monoisotopic (exact) mass is 490 g/mol. The van der Waals surface area contributed by atoms with Crippen molar-refractivity contribution >= 4 is 23.3 Å². The van der Waals surface area contributed by atoms with Gasteiger partial charge < -0.3 is 9.29 Å². The summed E-state index contributed by atoms with van der Waals surface area (Å²) in [5, 5.41) is 0. The van der Waals surface area contributed by atoms with Crippen molar-refractivity contribution in [2.24, 2.45) is 0 Å². The van der Waals surface area contributed by atoms with E-state index in [2.05, 4.69) is 9.97 Å². The van der Waals surface area contributed by atoms with E-state index in [0.717, 1.165) is 57.5 Å². The third kappa shape index (κ3) is 4.48. The Hall–Kier alpha value is -3.26. The van der Waals surface area contributed by atoms with Crippen molar-refractivity contribution < 1.29 is 35.6 Å². The van der Waals surface area contributed by atoms with Gasteiger partial charge in [0.1, 0.15) is 17.0 Å². The SMILES string of the molecule is CCSOOc1c(-c2cn3cc(C(F)(F)F)ccc3nc2=O)nc2ccc(C(F)(F)F)cn12. The van der Waals surface area contributed by atoms with E-state index in [9.17, 15) is 31.1 Å². The van der Waals surface area contributed by atoms with E-state index in [-0.39, 0.29) is 28.4 Å². The molecule has 0 saturated heterocycles.